The van der Waals surface area contributed by atoms with E-state index in [4.69, 9.17) is 14.2 Å². The zero-order valence-electron chi connectivity index (χ0n) is 23.0. The molecule has 2 N–H and O–H groups in total. The Morgan fingerprint density at radius 2 is 1.88 bits per heavy atom. The molecule has 0 spiro atoms. The summed E-state index contributed by atoms with van der Waals surface area (Å²) in [5.74, 6) is 1.55. The number of ether oxygens (including phenoxy) is 3. The number of carbonyl (C=O) groups excluding carboxylic acids is 1. The third-order valence-corrected chi connectivity index (χ3v) is 6.72. The van der Waals surface area contributed by atoms with Gasteiger partial charge in [-0.1, -0.05) is 12.1 Å². The van der Waals surface area contributed by atoms with E-state index in [2.05, 4.69) is 25.5 Å². The van der Waals surface area contributed by atoms with E-state index in [1.165, 1.54) is 6.07 Å². The minimum atomic E-state index is -4.58. The molecule has 2 aromatic carbocycles. The summed E-state index contributed by atoms with van der Waals surface area (Å²) in [6, 6.07) is 14.1. The monoisotopic (exact) mass is 583 g/mol. The number of alkyl halides is 3. The molecule has 1 aromatic heterocycles. The van der Waals surface area contributed by atoms with E-state index in [1.54, 1.807) is 24.4 Å². The number of amides is 1. The first kappa shape index (κ1) is 29.3. The lowest BCUT2D eigenvalue weighted by Crippen LogP contribution is -2.38. The lowest BCUT2D eigenvalue weighted by atomic mass is 10.1. The molecule has 3 heterocycles. The van der Waals surface area contributed by atoms with Gasteiger partial charge in [-0.15, -0.1) is 0 Å². The number of nitrogens with zero attached hydrogens (tertiary/aromatic N) is 3. The number of aromatic nitrogens is 1. The minimum Gasteiger partial charge on any atom is -0.492 e. The highest BCUT2D eigenvalue weighted by molar-refractivity contribution is 5.98. The van der Waals surface area contributed by atoms with Crippen LogP contribution in [-0.4, -0.2) is 74.2 Å². The molecule has 0 saturated carbocycles. The molecule has 0 radical (unpaired) electrons. The van der Waals surface area contributed by atoms with Crippen LogP contribution in [0.1, 0.15) is 23.2 Å². The SMILES string of the molecule is O=C(CCc1cccc(Oc2ccnc(C3=NCCN3)c2)c1)Nc1cc(OCCN2CCOCC2)cc(C(F)(F)F)c1. The first-order chi connectivity index (χ1) is 20.3. The average molecular weight is 584 g/mol. The summed E-state index contributed by atoms with van der Waals surface area (Å²) in [7, 11) is 0. The highest BCUT2D eigenvalue weighted by atomic mass is 19.4. The van der Waals surface area contributed by atoms with E-state index >= 15 is 0 Å². The van der Waals surface area contributed by atoms with Gasteiger partial charge in [0.25, 0.3) is 0 Å². The van der Waals surface area contributed by atoms with Gasteiger partial charge in [0.1, 0.15) is 35.4 Å². The number of carbonyl (C=O) groups is 1. The van der Waals surface area contributed by atoms with Crippen LogP contribution in [0.4, 0.5) is 18.9 Å². The van der Waals surface area contributed by atoms with Crippen molar-refractivity contribution in [3.63, 3.8) is 0 Å². The van der Waals surface area contributed by atoms with Crippen LogP contribution in [0.15, 0.2) is 65.8 Å². The first-order valence-corrected chi connectivity index (χ1v) is 13.8. The molecule has 222 valence electrons. The summed E-state index contributed by atoms with van der Waals surface area (Å²) in [5.41, 5.74) is 0.678. The molecular weight excluding hydrogens is 551 g/mol. The predicted molar refractivity (Wildman–Crippen MR) is 151 cm³/mol. The van der Waals surface area contributed by atoms with Crippen molar-refractivity contribution in [1.82, 2.24) is 15.2 Å². The third-order valence-electron chi connectivity index (χ3n) is 6.72. The number of aryl methyl sites for hydroxylation is 1. The number of benzene rings is 2. The lowest BCUT2D eigenvalue weighted by Gasteiger charge is -2.26. The van der Waals surface area contributed by atoms with Crippen LogP contribution in [0, 0.1) is 0 Å². The van der Waals surface area contributed by atoms with Gasteiger partial charge in [-0.2, -0.15) is 13.2 Å². The molecule has 12 heteroatoms. The fraction of sp³-hybridized carbons (Fsp3) is 0.367. The largest absolute Gasteiger partial charge is 0.492 e. The van der Waals surface area contributed by atoms with E-state index < -0.39 is 17.6 Å². The molecule has 0 unspecified atom stereocenters. The Morgan fingerprint density at radius 1 is 1.05 bits per heavy atom. The summed E-state index contributed by atoms with van der Waals surface area (Å²) in [6.07, 6.45) is -2.50. The second-order valence-corrected chi connectivity index (χ2v) is 9.88. The Labute approximate surface area is 241 Å². The third kappa shape index (κ3) is 8.43. The maximum atomic E-state index is 13.5. The maximum Gasteiger partial charge on any atom is 0.416 e. The van der Waals surface area contributed by atoms with Gasteiger partial charge in [-0.05, 0) is 42.3 Å². The molecule has 1 fully saturated rings. The van der Waals surface area contributed by atoms with Crippen molar-refractivity contribution in [3.05, 3.63) is 77.6 Å². The Kier molecular flexibility index (Phi) is 9.55. The zero-order valence-corrected chi connectivity index (χ0v) is 23.0. The number of amidine groups is 1. The standard InChI is InChI=1S/C30H32F3N5O4/c31-30(32,33)22-17-23(19-26(18-22)41-15-12-38-10-13-40-14-11-38)37-28(39)5-4-21-2-1-3-24(16-21)42-25-6-7-34-27(20-25)29-35-8-9-36-29/h1-3,6-7,16-20H,4-5,8-15H2,(H,35,36)(H,37,39). The fourth-order valence-corrected chi connectivity index (χ4v) is 4.59. The van der Waals surface area contributed by atoms with E-state index in [0.717, 1.165) is 43.2 Å². The van der Waals surface area contributed by atoms with Crippen molar-refractivity contribution in [2.24, 2.45) is 4.99 Å². The summed E-state index contributed by atoms with van der Waals surface area (Å²) < 4.78 is 57.6. The van der Waals surface area contributed by atoms with Crippen LogP contribution >= 0.6 is 0 Å². The van der Waals surface area contributed by atoms with Gasteiger partial charge < -0.3 is 24.8 Å². The normalized spacial score (nSPS) is 15.5. The zero-order chi connectivity index (χ0) is 29.4. The number of aliphatic imine (C=N–C) groups is 1. The summed E-state index contributed by atoms with van der Waals surface area (Å²) in [5, 5.41) is 5.77. The number of hydrogen-bond donors (Lipinski definition) is 2. The second kappa shape index (κ2) is 13.7. The molecule has 0 atom stereocenters. The Hall–Kier alpha value is -4.16. The quantitative estimate of drug-likeness (QED) is 0.343. The van der Waals surface area contributed by atoms with Gasteiger partial charge in [-0.3, -0.25) is 19.7 Å². The first-order valence-electron chi connectivity index (χ1n) is 13.8. The van der Waals surface area contributed by atoms with Crippen LogP contribution in [0.2, 0.25) is 0 Å². The molecule has 0 aliphatic carbocycles. The number of anilines is 1. The number of pyridine rings is 1. The van der Waals surface area contributed by atoms with Gasteiger partial charge in [0.15, 0.2) is 0 Å². The van der Waals surface area contributed by atoms with Crippen molar-refractivity contribution in [2.75, 3.05) is 57.9 Å². The molecule has 2 aliphatic rings. The highest BCUT2D eigenvalue weighted by Crippen LogP contribution is 2.34. The van der Waals surface area contributed by atoms with E-state index in [-0.39, 0.29) is 24.5 Å². The lowest BCUT2D eigenvalue weighted by molar-refractivity contribution is -0.137. The van der Waals surface area contributed by atoms with Crippen molar-refractivity contribution in [2.45, 2.75) is 19.0 Å². The van der Waals surface area contributed by atoms with Gasteiger partial charge >= 0.3 is 6.18 Å². The maximum absolute atomic E-state index is 13.5. The molecule has 42 heavy (non-hydrogen) atoms. The van der Waals surface area contributed by atoms with Crippen LogP contribution < -0.4 is 20.1 Å². The average Bonchev–Trinajstić information content (AvgIpc) is 3.52. The van der Waals surface area contributed by atoms with Crippen molar-refractivity contribution in [1.29, 1.82) is 0 Å². The fourth-order valence-electron chi connectivity index (χ4n) is 4.59. The molecule has 1 amide bonds. The van der Waals surface area contributed by atoms with E-state index in [9.17, 15) is 18.0 Å². The van der Waals surface area contributed by atoms with E-state index in [0.29, 0.717) is 49.9 Å². The predicted octanol–water partition coefficient (Wildman–Crippen LogP) is 4.52. The molecule has 5 rings (SSSR count). The Balaban J connectivity index is 1.17. The molecule has 0 bridgehead atoms. The number of hydrogen-bond acceptors (Lipinski definition) is 8. The van der Waals surface area contributed by atoms with E-state index in [1.807, 2.05) is 18.2 Å². The van der Waals surface area contributed by atoms with Crippen LogP contribution in [0.5, 0.6) is 17.2 Å². The molecular formula is C30H32F3N5O4. The summed E-state index contributed by atoms with van der Waals surface area (Å²) in [6.45, 7) is 5.01. The van der Waals surface area contributed by atoms with Crippen molar-refractivity contribution in [3.8, 4) is 17.2 Å². The topological polar surface area (TPSA) is 97.3 Å². The smallest absolute Gasteiger partial charge is 0.416 e. The Morgan fingerprint density at radius 3 is 2.67 bits per heavy atom. The summed E-state index contributed by atoms with van der Waals surface area (Å²) >= 11 is 0. The molecule has 2 aliphatic heterocycles. The number of rotatable bonds is 11. The van der Waals surface area contributed by atoms with Crippen molar-refractivity contribution >= 4 is 17.4 Å². The number of nitrogens with one attached hydrogen (secondary N) is 2. The van der Waals surface area contributed by atoms with Gasteiger partial charge in [-0.25, -0.2) is 0 Å². The Bertz CT molecular complexity index is 1410. The van der Waals surface area contributed by atoms with Crippen molar-refractivity contribution < 1.29 is 32.2 Å². The second-order valence-electron chi connectivity index (χ2n) is 9.88. The minimum absolute atomic E-state index is 0.0307. The highest BCUT2D eigenvalue weighted by Gasteiger charge is 2.31. The van der Waals surface area contributed by atoms with Gasteiger partial charge in [0.05, 0.1) is 25.3 Å². The molecule has 3 aromatic rings. The van der Waals surface area contributed by atoms with Gasteiger partial charge in [0.2, 0.25) is 5.91 Å². The van der Waals surface area contributed by atoms with Crippen LogP contribution in [0.3, 0.4) is 0 Å². The van der Waals surface area contributed by atoms with Crippen LogP contribution in [0.25, 0.3) is 0 Å². The summed E-state index contributed by atoms with van der Waals surface area (Å²) in [4.78, 5) is 23.5. The molecule has 1 saturated heterocycles. The van der Waals surface area contributed by atoms with Crippen LogP contribution in [-0.2, 0) is 22.1 Å². The number of halogens is 3. The van der Waals surface area contributed by atoms with Gasteiger partial charge in [0, 0.05) is 56.6 Å². The molecule has 9 nitrogen and oxygen atoms in total. The number of morpholine rings is 1.